The molecule has 1 amide bonds. The van der Waals surface area contributed by atoms with Crippen molar-refractivity contribution < 1.29 is 17.6 Å². The summed E-state index contributed by atoms with van der Waals surface area (Å²) in [6.07, 6.45) is 1.54. The van der Waals surface area contributed by atoms with Crippen molar-refractivity contribution in [2.24, 2.45) is 0 Å². The van der Waals surface area contributed by atoms with Crippen LogP contribution in [0.1, 0.15) is 10.5 Å². The fraction of sp³-hybridized carbons (Fsp3) is 0.0909. The molecule has 10 heteroatoms. The Bertz CT molecular complexity index is 1360. The highest BCUT2D eigenvalue weighted by molar-refractivity contribution is 7.89. The van der Waals surface area contributed by atoms with E-state index in [1.165, 1.54) is 44.6 Å². The molecule has 164 valence electrons. The number of hydrogen-bond donors (Lipinski definition) is 1. The fourth-order valence-corrected chi connectivity index (χ4v) is 4.10. The topological polar surface area (TPSA) is 97.4 Å². The quantitative estimate of drug-likeness (QED) is 0.453. The van der Waals surface area contributed by atoms with Crippen LogP contribution in [0.2, 0.25) is 5.02 Å². The van der Waals surface area contributed by atoms with Crippen molar-refractivity contribution >= 4 is 33.2 Å². The van der Waals surface area contributed by atoms with Crippen molar-refractivity contribution in [3.8, 4) is 17.1 Å². The largest absolute Gasteiger partial charge is 0.463 e. The van der Waals surface area contributed by atoms with E-state index >= 15 is 0 Å². The maximum absolute atomic E-state index is 12.9. The van der Waals surface area contributed by atoms with Crippen LogP contribution in [0.3, 0.4) is 0 Å². The van der Waals surface area contributed by atoms with Crippen LogP contribution in [0.5, 0.6) is 0 Å². The second-order valence-electron chi connectivity index (χ2n) is 7.05. The summed E-state index contributed by atoms with van der Waals surface area (Å²) in [6.45, 7) is 0. The summed E-state index contributed by atoms with van der Waals surface area (Å²) in [7, 11) is -0.640. The van der Waals surface area contributed by atoms with E-state index in [1.54, 1.807) is 41.1 Å². The zero-order chi connectivity index (χ0) is 22.9. The first-order chi connectivity index (χ1) is 15.3. The van der Waals surface area contributed by atoms with Crippen LogP contribution in [0.25, 0.3) is 17.1 Å². The number of nitrogens with zero attached hydrogens (tertiary/aromatic N) is 3. The summed E-state index contributed by atoms with van der Waals surface area (Å²) < 4.78 is 32.6. The average Bonchev–Trinajstić information content (AvgIpc) is 3.44. The summed E-state index contributed by atoms with van der Waals surface area (Å²) in [5.41, 5.74) is 1.84. The van der Waals surface area contributed by atoms with Gasteiger partial charge in [-0.05, 0) is 54.6 Å². The summed E-state index contributed by atoms with van der Waals surface area (Å²) in [4.78, 5) is 13.0. The fourth-order valence-electron chi connectivity index (χ4n) is 3.01. The van der Waals surface area contributed by atoms with Crippen molar-refractivity contribution in [2.75, 3.05) is 19.4 Å². The Hall–Kier alpha value is -3.40. The molecule has 2 heterocycles. The number of anilines is 1. The first kappa shape index (κ1) is 21.8. The lowest BCUT2D eigenvalue weighted by Gasteiger charge is -2.11. The highest BCUT2D eigenvalue weighted by Gasteiger charge is 2.20. The molecule has 0 aliphatic heterocycles. The Balaban J connectivity index is 1.64. The van der Waals surface area contributed by atoms with Crippen molar-refractivity contribution in [2.45, 2.75) is 4.90 Å². The minimum Gasteiger partial charge on any atom is -0.463 e. The van der Waals surface area contributed by atoms with Gasteiger partial charge < -0.3 is 9.73 Å². The van der Waals surface area contributed by atoms with E-state index in [4.69, 9.17) is 16.0 Å². The van der Waals surface area contributed by atoms with Crippen molar-refractivity contribution in [1.29, 1.82) is 0 Å². The molecule has 0 saturated carbocycles. The first-order valence-corrected chi connectivity index (χ1v) is 11.3. The molecule has 4 aromatic rings. The number of halogens is 1. The van der Waals surface area contributed by atoms with Gasteiger partial charge in [0.2, 0.25) is 10.0 Å². The molecule has 32 heavy (non-hydrogen) atoms. The van der Waals surface area contributed by atoms with E-state index in [9.17, 15) is 13.2 Å². The lowest BCUT2D eigenvalue weighted by atomic mass is 10.2. The van der Waals surface area contributed by atoms with Crippen LogP contribution in [0, 0.1) is 0 Å². The highest BCUT2D eigenvalue weighted by Crippen LogP contribution is 2.26. The van der Waals surface area contributed by atoms with Crippen molar-refractivity contribution in [1.82, 2.24) is 14.1 Å². The number of furan rings is 1. The summed E-state index contributed by atoms with van der Waals surface area (Å²) in [6, 6.07) is 18.1. The molecule has 0 fully saturated rings. The summed E-state index contributed by atoms with van der Waals surface area (Å²) in [5.74, 6) is 0.0802. The maximum Gasteiger partial charge on any atom is 0.276 e. The minimum atomic E-state index is -3.55. The van der Waals surface area contributed by atoms with Gasteiger partial charge in [-0.25, -0.2) is 17.4 Å². The minimum absolute atomic E-state index is 0.130. The molecule has 0 bridgehead atoms. The smallest absolute Gasteiger partial charge is 0.276 e. The number of nitrogens with one attached hydrogen (secondary N) is 1. The third kappa shape index (κ3) is 4.31. The number of rotatable bonds is 6. The first-order valence-electron chi connectivity index (χ1n) is 9.49. The van der Waals surface area contributed by atoms with E-state index in [2.05, 4.69) is 10.4 Å². The molecule has 0 radical (unpaired) electrons. The average molecular weight is 471 g/mol. The lowest BCUT2D eigenvalue weighted by Crippen LogP contribution is -2.22. The van der Waals surface area contributed by atoms with Gasteiger partial charge in [-0.2, -0.15) is 5.10 Å². The van der Waals surface area contributed by atoms with Crippen molar-refractivity contribution in [3.63, 3.8) is 0 Å². The van der Waals surface area contributed by atoms with Crippen LogP contribution in [-0.2, 0) is 10.0 Å². The van der Waals surface area contributed by atoms with Gasteiger partial charge in [-0.3, -0.25) is 4.79 Å². The van der Waals surface area contributed by atoms with Gasteiger partial charge in [0.15, 0.2) is 11.5 Å². The Labute approximate surface area is 190 Å². The standard InChI is InChI=1S/C22H19ClN4O4S/c1-26(2)32(29,30)18-10-8-16(9-11-18)24-22(28)19-14-20(21-7-4-12-31-21)27(25-19)17-6-3-5-15(23)13-17/h3-14H,1-2H3,(H,24,28). The second kappa shape index (κ2) is 8.62. The van der Waals surface area contributed by atoms with E-state index < -0.39 is 15.9 Å². The Morgan fingerprint density at radius 1 is 1.06 bits per heavy atom. The van der Waals surface area contributed by atoms with E-state index in [-0.39, 0.29) is 10.6 Å². The van der Waals surface area contributed by atoms with Gasteiger partial charge in [0.05, 0.1) is 16.8 Å². The maximum atomic E-state index is 12.9. The predicted octanol–water partition coefficient (Wildman–Crippen LogP) is 4.29. The van der Waals surface area contributed by atoms with Crippen molar-refractivity contribution in [3.05, 3.63) is 83.7 Å². The second-order valence-corrected chi connectivity index (χ2v) is 9.64. The molecule has 4 rings (SSSR count). The van der Waals surface area contributed by atoms with Gasteiger partial charge in [0.1, 0.15) is 5.69 Å². The zero-order valence-electron chi connectivity index (χ0n) is 17.2. The van der Waals surface area contributed by atoms with Gasteiger partial charge in [-0.1, -0.05) is 17.7 Å². The van der Waals surface area contributed by atoms with Gasteiger partial charge in [0, 0.05) is 30.9 Å². The third-order valence-electron chi connectivity index (χ3n) is 4.66. The van der Waals surface area contributed by atoms with Gasteiger partial charge in [0.25, 0.3) is 5.91 Å². The summed E-state index contributed by atoms with van der Waals surface area (Å²) in [5, 5.41) is 7.70. The molecule has 8 nitrogen and oxygen atoms in total. The van der Waals surface area contributed by atoms with Crippen LogP contribution in [0.4, 0.5) is 5.69 Å². The van der Waals surface area contributed by atoms with Crippen LogP contribution < -0.4 is 5.32 Å². The molecule has 0 unspecified atom stereocenters. The molecule has 0 atom stereocenters. The van der Waals surface area contributed by atoms with Gasteiger partial charge >= 0.3 is 0 Å². The van der Waals surface area contributed by atoms with E-state index in [1.807, 2.05) is 6.07 Å². The number of sulfonamides is 1. The molecular formula is C22H19ClN4O4S. The molecular weight excluding hydrogens is 452 g/mol. The highest BCUT2D eigenvalue weighted by atomic mass is 35.5. The predicted molar refractivity (Wildman–Crippen MR) is 122 cm³/mol. The number of carbonyl (C=O) groups excluding carboxylic acids is 1. The molecule has 0 aliphatic carbocycles. The van der Waals surface area contributed by atoms with Crippen LogP contribution in [-0.4, -0.2) is 42.5 Å². The molecule has 0 saturated heterocycles. The Morgan fingerprint density at radius 3 is 2.44 bits per heavy atom. The lowest BCUT2D eigenvalue weighted by molar-refractivity contribution is 0.102. The number of amides is 1. The number of aromatic nitrogens is 2. The van der Waals surface area contributed by atoms with E-state index in [0.717, 1.165) is 4.31 Å². The normalized spacial score (nSPS) is 11.6. The van der Waals surface area contributed by atoms with Crippen LogP contribution >= 0.6 is 11.6 Å². The number of hydrogen-bond acceptors (Lipinski definition) is 5. The summed E-state index contributed by atoms with van der Waals surface area (Å²) >= 11 is 6.12. The molecule has 0 spiro atoms. The molecule has 0 aliphatic rings. The SMILES string of the molecule is CN(C)S(=O)(=O)c1ccc(NC(=O)c2cc(-c3ccco3)n(-c3cccc(Cl)c3)n2)cc1. The zero-order valence-corrected chi connectivity index (χ0v) is 18.8. The third-order valence-corrected chi connectivity index (χ3v) is 6.72. The number of benzene rings is 2. The molecule has 2 aromatic carbocycles. The molecule has 2 aromatic heterocycles. The van der Waals surface area contributed by atoms with E-state index in [0.29, 0.717) is 27.9 Å². The molecule has 1 N–H and O–H groups in total. The monoisotopic (exact) mass is 470 g/mol. The number of carbonyl (C=O) groups is 1. The Morgan fingerprint density at radius 2 is 1.81 bits per heavy atom. The van der Waals surface area contributed by atoms with Gasteiger partial charge in [-0.15, -0.1) is 0 Å². The Kier molecular flexibility index (Phi) is 5.88. The van der Waals surface area contributed by atoms with Crippen LogP contribution in [0.15, 0.2) is 82.3 Å².